The van der Waals surface area contributed by atoms with Crippen LogP contribution in [-0.2, 0) is 24.9 Å². The second-order valence-corrected chi connectivity index (χ2v) is 12.2. The first-order valence-electron chi connectivity index (χ1n) is 16.6. The van der Waals surface area contributed by atoms with E-state index in [0.29, 0.717) is 0 Å². The maximum Gasteiger partial charge on any atom is 0.162 e. The van der Waals surface area contributed by atoms with Gasteiger partial charge < -0.3 is 14.7 Å². The van der Waals surface area contributed by atoms with Gasteiger partial charge in [0.2, 0.25) is 0 Å². The monoisotopic (exact) mass is 802 g/mol. The van der Waals surface area contributed by atoms with Gasteiger partial charge in [0.1, 0.15) is 0 Å². The summed E-state index contributed by atoms with van der Waals surface area (Å²) in [4.78, 5) is 16.4. The Morgan fingerprint density at radius 1 is 0.787 bits per heavy atom. The molecule has 0 amide bonds. The van der Waals surface area contributed by atoms with Crippen molar-refractivity contribution in [3.63, 3.8) is 0 Å². The molecule has 4 aromatic carbocycles. The molecule has 1 N–H and O–H groups in total. The SMILES string of the molecule is CCC(CC)C(=O)/C=C(\O)C(CC)CC.Cc1[c-]c(-c2nccc3cc(-n4c5ccccc5c5ccccc54)ccc23)cc(C)c1.[Ir]. The topological polar surface area (TPSA) is 55.1 Å². The van der Waals surface area contributed by atoms with Gasteiger partial charge in [0, 0.05) is 60.7 Å². The van der Waals surface area contributed by atoms with Crippen LogP contribution in [0.15, 0.2) is 103 Å². The number of aliphatic hydroxyl groups excluding tert-OH is 1. The quantitative estimate of drug-likeness (QED) is 0.0900. The fourth-order valence-corrected chi connectivity index (χ4v) is 6.52. The minimum Gasteiger partial charge on any atom is -0.512 e. The Kier molecular flexibility index (Phi) is 12.3. The molecule has 245 valence electrons. The molecule has 0 saturated heterocycles. The third-order valence-electron chi connectivity index (χ3n) is 9.07. The minimum atomic E-state index is 0. The zero-order valence-corrected chi connectivity index (χ0v) is 30.7. The Morgan fingerprint density at radius 2 is 1.38 bits per heavy atom. The summed E-state index contributed by atoms with van der Waals surface area (Å²) in [5.41, 5.74) is 8.00. The molecule has 47 heavy (non-hydrogen) atoms. The van der Waals surface area contributed by atoms with Gasteiger partial charge in [0.15, 0.2) is 5.78 Å². The van der Waals surface area contributed by atoms with Crippen LogP contribution in [0.1, 0.15) is 64.5 Å². The van der Waals surface area contributed by atoms with Crippen LogP contribution in [0, 0.1) is 31.7 Å². The molecule has 0 aliphatic carbocycles. The molecule has 4 nitrogen and oxygen atoms in total. The van der Waals surface area contributed by atoms with E-state index in [1.54, 1.807) is 0 Å². The number of benzene rings is 4. The van der Waals surface area contributed by atoms with Crippen LogP contribution >= 0.6 is 0 Å². The number of fused-ring (bicyclic) bond motifs is 4. The molecule has 5 heteroatoms. The van der Waals surface area contributed by atoms with Crippen LogP contribution in [0.5, 0.6) is 0 Å². The number of carbonyl (C=O) groups is 1. The normalized spacial score (nSPS) is 11.6. The standard InChI is InChI=1S/C29H21N2.C13H24O2.Ir/c1-19-15-20(2)17-22(16-19)29-24-12-11-23(18-21(24)13-14-30-29)31-27-9-5-3-7-25(27)26-8-4-6-10-28(26)31;1-5-10(6-2)12(14)9-13(15)11(7-3)8-4;/h3-16,18H,1-2H3;9-11,14H,5-8H2,1-4H3;/q-1;;/b;12-9-;. The smallest absolute Gasteiger partial charge is 0.162 e. The van der Waals surface area contributed by atoms with Crippen molar-refractivity contribution < 1.29 is 30.0 Å². The van der Waals surface area contributed by atoms with Crippen molar-refractivity contribution >= 4 is 38.4 Å². The number of hydrogen-bond acceptors (Lipinski definition) is 3. The van der Waals surface area contributed by atoms with E-state index in [4.69, 9.17) is 4.98 Å². The van der Waals surface area contributed by atoms with E-state index in [9.17, 15) is 9.90 Å². The van der Waals surface area contributed by atoms with Crippen molar-refractivity contribution in [2.75, 3.05) is 0 Å². The van der Waals surface area contributed by atoms with Crippen LogP contribution in [0.25, 0.3) is 49.5 Å². The molecular weight excluding hydrogens is 757 g/mol. The molecule has 0 aliphatic rings. The Morgan fingerprint density at radius 3 is 1.96 bits per heavy atom. The zero-order chi connectivity index (χ0) is 32.8. The van der Waals surface area contributed by atoms with Gasteiger partial charge >= 0.3 is 0 Å². The van der Waals surface area contributed by atoms with Gasteiger partial charge in [-0.1, -0.05) is 84.0 Å². The Labute approximate surface area is 292 Å². The van der Waals surface area contributed by atoms with Crippen LogP contribution in [0.3, 0.4) is 0 Å². The number of pyridine rings is 1. The number of aromatic nitrogens is 2. The maximum absolute atomic E-state index is 11.7. The molecule has 0 fully saturated rings. The summed E-state index contributed by atoms with van der Waals surface area (Å²) in [7, 11) is 0. The Bertz CT molecular complexity index is 1940. The van der Waals surface area contributed by atoms with E-state index >= 15 is 0 Å². The molecule has 0 aliphatic heterocycles. The third kappa shape index (κ3) is 7.75. The fraction of sp³-hybridized carbons (Fsp3) is 0.286. The Hall–Kier alpha value is -4.05. The molecule has 2 heterocycles. The van der Waals surface area contributed by atoms with E-state index in [0.717, 1.165) is 53.6 Å². The molecule has 0 unspecified atom stereocenters. The van der Waals surface area contributed by atoms with Gasteiger partial charge in [-0.05, 0) is 72.5 Å². The molecule has 0 bridgehead atoms. The van der Waals surface area contributed by atoms with Crippen molar-refractivity contribution in [1.82, 2.24) is 9.55 Å². The first-order chi connectivity index (χ1) is 22.3. The van der Waals surface area contributed by atoms with Gasteiger partial charge in [-0.3, -0.25) is 4.79 Å². The number of nitrogens with zero attached hydrogens (tertiary/aromatic N) is 2. The summed E-state index contributed by atoms with van der Waals surface area (Å²) in [5, 5.41) is 14.6. The van der Waals surface area contributed by atoms with Crippen LogP contribution in [-0.4, -0.2) is 20.4 Å². The van der Waals surface area contributed by atoms with Gasteiger partial charge in [0.05, 0.1) is 16.8 Å². The summed E-state index contributed by atoms with van der Waals surface area (Å²) < 4.78 is 2.35. The number of carbonyl (C=O) groups excluding carboxylic acids is 1. The second kappa shape index (κ2) is 16.2. The first-order valence-corrected chi connectivity index (χ1v) is 16.6. The van der Waals surface area contributed by atoms with Crippen molar-refractivity contribution in [2.24, 2.45) is 11.8 Å². The summed E-state index contributed by atoms with van der Waals surface area (Å²) in [6.45, 7) is 12.3. The van der Waals surface area contributed by atoms with Crippen molar-refractivity contribution in [1.29, 1.82) is 0 Å². The number of allylic oxidation sites excluding steroid dienone is 2. The first kappa shape index (κ1) is 35.8. The van der Waals surface area contributed by atoms with E-state index in [1.807, 2.05) is 33.9 Å². The number of ketones is 1. The fourth-order valence-electron chi connectivity index (χ4n) is 6.52. The summed E-state index contributed by atoms with van der Waals surface area (Å²) >= 11 is 0. The van der Waals surface area contributed by atoms with E-state index in [2.05, 4.69) is 109 Å². The number of para-hydroxylation sites is 2. The maximum atomic E-state index is 11.7. The van der Waals surface area contributed by atoms with E-state index in [1.165, 1.54) is 38.8 Å². The zero-order valence-electron chi connectivity index (χ0n) is 28.3. The third-order valence-corrected chi connectivity index (χ3v) is 9.07. The number of rotatable bonds is 9. The minimum absolute atomic E-state index is 0. The van der Waals surface area contributed by atoms with Crippen molar-refractivity contribution in [2.45, 2.75) is 67.2 Å². The van der Waals surface area contributed by atoms with Crippen LogP contribution < -0.4 is 0 Å². The summed E-state index contributed by atoms with van der Waals surface area (Å²) in [6, 6.07) is 33.8. The molecule has 2 aromatic heterocycles. The number of hydrogen-bond donors (Lipinski definition) is 1. The largest absolute Gasteiger partial charge is 0.512 e. The van der Waals surface area contributed by atoms with Crippen LogP contribution in [0.2, 0.25) is 0 Å². The van der Waals surface area contributed by atoms with Gasteiger partial charge in [-0.15, -0.1) is 34.9 Å². The summed E-state index contributed by atoms with van der Waals surface area (Å²) in [6.07, 6.45) is 6.81. The number of aliphatic hydroxyl groups is 1. The second-order valence-electron chi connectivity index (χ2n) is 12.2. The molecular formula is C42H45IrN2O2-. The number of aryl methyl sites for hydroxylation is 2. The molecule has 1 radical (unpaired) electrons. The van der Waals surface area contributed by atoms with Crippen molar-refractivity contribution in [3.8, 4) is 16.9 Å². The van der Waals surface area contributed by atoms with Gasteiger partial charge in [0.25, 0.3) is 0 Å². The van der Waals surface area contributed by atoms with Gasteiger partial charge in [-0.25, -0.2) is 0 Å². The van der Waals surface area contributed by atoms with Crippen molar-refractivity contribution in [3.05, 3.63) is 120 Å². The average molecular weight is 802 g/mol. The summed E-state index contributed by atoms with van der Waals surface area (Å²) in [5.74, 6) is 0.547. The van der Waals surface area contributed by atoms with E-state index in [-0.39, 0.29) is 43.5 Å². The van der Waals surface area contributed by atoms with Crippen LogP contribution in [0.4, 0.5) is 0 Å². The predicted molar refractivity (Wildman–Crippen MR) is 194 cm³/mol. The molecule has 6 aromatic rings. The molecule has 0 atom stereocenters. The predicted octanol–water partition coefficient (Wildman–Crippen LogP) is 11.3. The van der Waals surface area contributed by atoms with E-state index < -0.39 is 0 Å². The Balaban J connectivity index is 0.000000269. The molecule has 6 rings (SSSR count). The molecule has 0 saturated carbocycles. The molecule has 0 spiro atoms. The average Bonchev–Trinajstić information content (AvgIpc) is 3.39. The van der Waals surface area contributed by atoms with Gasteiger partial charge in [-0.2, -0.15) is 0 Å².